The molecule has 3 aromatic carbocycles. The van der Waals surface area contributed by atoms with E-state index in [-0.39, 0.29) is 6.54 Å². The highest BCUT2D eigenvalue weighted by molar-refractivity contribution is 7.92. The molecule has 0 amide bonds. The topological polar surface area (TPSA) is 114 Å². The highest BCUT2D eigenvalue weighted by Crippen LogP contribution is 2.39. The van der Waals surface area contributed by atoms with Gasteiger partial charge in [-0.1, -0.05) is 18.2 Å². The average molecular weight is 496 g/mol. The first-order valence-electron chi connectivity index (χ1n) is 11.6. The van der Waals surface area contributed by atoms with Crippen LogP contribution in [0.4, 0.5) is 11.4 Å². The molecular weight excluding hydrogens is 466 g/mol. The lowest BCUT2D eigenvalue weighted by atomic mass is 10.1. The molecule has 9 heteroatoms. The molecule has 3 aromatic rings. The van der Waals surface area contributed by atoms with E-state index >= 15 is 0 Å². The van der Waals surface area contributed by atoms with Crippen LogP contribution in [0.15, 0.2) is 54.6 Å². The molecule has 0 bridgehead atoms. The van der Waals surface area contributed by atoms with Gasteiger partial charge in [0.25, 0.3) is 0 Å². The Hall–Kier alpha value is -3.27. The first-order chi connectivity index (χ1) is 16.8. The highest BCUT2D eigenvalue weighted by Gasteiger charge is 2.26. The fraction of sp³-hybridized carbons (Fsp3) is 0.308. The quantitative estimate of drug-likeness (QED) is 0.254. The fourth-order valence-corrected chi connectivity index (χ4v) is 5.56. The van der Waals surface area contributed by atoms with Gasteiger partial charge in [0.15, 0.2) is 0 Å². The number of aliphatic hydroxyl groups excluding tert-OH is 1. The summed E-state index contributed by atoms with van der Waals surface area (Å²) in [5, 5.41) is 13.8. The zero-order valence-electron chi connectivity index (χ0n) is 19.5. The second kappa shape index (κ2) is 9.41. The number of nitrogen functional groups attached to an aromatic ring is 1. The number of ether oxygens (including phenoxy) is 2. The number of nitrogens with two attached hydrogens (primary N) is 1. The number of hydrogen-bond acceptors (Lipinski definition) is 7. The van der Waals surface area contributed by atoms with Gasteiger partial charge in [0.2, 0.25) is 10.0 Å². The number of nitrogens with one attached hydrogen (secondary N) is 1. The van der Waals surface area contributed by atoms with Crippen molar-refractivity contribution in [2.24, 2.45) is 0 Å². The van der Waals surface area contributed by atoms with Crippen molar-refractivity contribution in [3.05, 3.63) is 71.3 Å². The molecule has 0 saturated carbocycles. The molecule has 1 atom stereocenters. The van der Waals surface area contributed by atoms with E-state index < -0.39 is 16.1 Å². The Labute approximate surface area is 205 Å². The Morgan fingerprint density at radius 2 is 1.89 bits per heavy atom. The highest BCUT2D eigenvalue weighted by atomic mass is 32.2. The molecule has 1 aliphatic carbocycles. The van der Waals surface area contributed by atoms with Crippen LogP contribution in [-0.2, 0) is 16.4 Å². The minimum Gasteiger partial charge on any atom is -0.492 e. The van der Waals surface area contributed by atoms with Gasteiger partial charge in [-0.3, -0.25) is 4.31 Å². The van der Waals surface area contributed by atoms with Crippen LogP contribution in [-0.4, -0.2) is 52.6 Å². The third-order valence-electron chi connectivity index (χ3n) is 6.35. The molecule has 1 aliphatic heterocycles. The number of nitrogens with zero attached hydrogens (tertiary/aromatic N) is 1. The van der Waals surface area contributed by atoms with E-state index in [0.29, 0.717) is 43.3 Å². The number of rotatable bonds is 8. The van der Waals surface area contributed by atoms with Gasteiger partial charge in [-0.15, -0.1) is 0 Å². The predicted octanol–water partition coefficient (Wildman–Crippen LogP) is 2.70. The van der Waals surface area contributed by atoms with Crippen molar-refractivity contribution >= 4 is 21.4 Å². The molecule has 0 saturated heterocycles. The summed E-state index contributed by atoms with van der Waals surface area (Å²) in [6.45, 7) is 1.86. The van der Waals surface area contributed by atoms with Crippen LogP contribution < -0.4 is 24.8 Å². The van der Waals surface area contributed by atoms with Crippen LogP contribution >= 0.6 is 0 Å². The van der Waals surface area contributed by atoms with Gasteiger partial charge in [-0.05, 0) is 70.6 Å². The molecule has 2 aliphatic rings. The lowest BCUT2D eigenvalue weighted by Gasteiger charge is -2.30. The van der Waals surface area contributed by atoms with Crippen molar-refractivity contribution in [1.29, 1.82) is 0 Å². The third kappa shape index (κ3) is 4.93. The van der Waals surface area contributed by atoms with Crippen LogP contribution in [0.25, 0.3) is 11.1 Å². The number of anilines is 2. The summed E-state index contributed by atoms with van der Waals surface area (Å²) in [4.78, 5) is 0. The van der Waals surface area contributed by atoms with Crippen LogP contribution in [0, 0.1) is 0 Å². The van der Waals surface area contributed by atoms with Crippen LogP contribution in [0.5, 0.6) is 11.5 Å². The summed E-state index contributed by atoms with van der Waals surface area (Å²) in [5.41, 5.74) is 12.7. The average Bonchev–Trinajstić information content (AvgIpc) is 3.18. The normalized spacial score (nSPS) is 15.1. The van der Waals surface area contributed by atoms with E-state index in [0.717, 1.165) is 17.9 Å². The van der Waals surface area contributed by atoms with Gasteiger partial charge < -0.3 is 25.6 Å². The van der Waals surface area contributed by atoms with Gasteiger partial charge >= 0.3 is 0 Å². The van der Waals surface area contributed by atoms with E-state index in [1.54, 1.807) is 18.2 Å². The zero-order valence-corrected chi connectivity index (χ0v) is 20.3. The third-order valence-corrected chi connectivity index (χ3v) is 7.53. The van der Waals surface area contributed by atoms with Crippen LogP contribution in [0.3, 0.4) is 0 Å². The van der Waals surface area contributed by atoms with E-state index in [2.05, 4.69) is 23.5 Å². The maximum atomic E-state index is 12.1. The predicted molar refractivity (Wildman–Crippen MR) is 137 cm³/mol. The van der Waals surface area contributed by atoms with E-state index in [4.69, 9.17) is 15.2 Å². The summed E-state index contributed by atoms with van der Waals surface area (Å²) in [5.74, 6) is 1.31. The molecule has 1 heterocycles. The Bertz CT molecular complexity index is 1360. The van der Waals surface area contributed by atoms with Crippen molar-refractivity contribution in [3.8, 4) is 22.6 Å². The minimum absolute atomic E-state index is 0.254. The summed E-state index contributed by atoms with van der Waals surface area (Å²) in [6, 6.07) is 17.3. The molecule has 4 N–H and O–H groups in total. The van der Waals surface area contributed by atoms with E-state index in [9.17, 15) is 13.5 Å². The Balaban J connectivity index is 1.13. The van der Waals surface area contributed by atoms with Crippen molar-refractivity contribution < 1.29 is 23.0 Å². The Morgan fingerprint density at radius 3 is 2.69 bits per heavy atom. The van der Waals surface area contributed by atoms with Crippen molar-refractivity contribution in [2.75, 3.05) is 49.1 Å². The van der Waals surface area contributed by atoms with Crippen LogP contribution in [0.1, 0.15) is 22.8 Å². The zero-order chi connectivity index (χ0) is 24.6. The first-order valence-corrected chi connectivity index (χ1v) is 13.4. The number of hydrogen-bond donors (Lipinski definition) is 3. The van der Waals surface area contributed by atoms with Gasteiger partial charge in [0.05, 0.1) is 24.6 Å². The fourth-order valence-electron chi connectivity index (χ4n) is 4.66. The largest absolute Gasteiger partial charge is 0.492 e. The number of fused-ring (bicyclic) bond motifs is 4. The lowest BCUT2D eigenvalue weighted by Crippen LogP contribution is -2.37. The number of aliphatic hydroxyl groups is 1. The molecule has 0 fully saturated rings. The molecule has 8 nitrogen and oxygen atoms in total. The monoisotopic (exact) mass is 495 g/mol. The molecule has 184 valence electrons. The Morgan fingerprint density at radius 1 is 1.11 bits per heavy atom. The molecule has 0 spiro atoms. The number of sulfonamides is 1. The Kier molecular flexibility index (Phi) is 6.31. The minimum atomic E-state index is -3.42. The molecular formula is C26H29N3O5S. The van der Waals surface area contributed by atoms with Gasteiger partial charge in [0.1, 0.15) is 24.7 Å². The summed E-state index contributed by atoms with van der Waals surface area (Å²) < 4.78 is 37.0. The summed E-state index contributed by atoms with van der Waals surface area (Å²) >= 11 is 0. The smallest absolute Gasteiger partial charge is 0.232 e. The SMILES string of the molecule is CS(=O)(=O)N1CCOc2ccc(C(O)CNCCOc3ccc4c(c3)Cc3cc(N)ccc3-4)cc21. The standard InChI is InChI=1S/C26H29N3O5S/c1-35(31,32)29-9-11-34-26-7-2-17(15-24(26)29)25(30)16-28-8-10-33-21-4-6-23-19(14-21)12-18-13-20(27)3-5-22(18)23/h2-7,13-15,25,28,30H,8-12,16,27H2,1H3. The second-order valence-electron chi connectivity index (χ2n) is 8.89. The maximum Gasteiger partial charge on any atom is 0.232 e. The van der Waals surface area contributed by atoms with Crippen molar-refractivity contribution in [3.63, 3.8) is 0 Å². The summed E-state index contributed by atoms with van der Waals surface area (Å²) in [7, 11) is -3.42. The maximum absolute atomic E-state index is 12.1. The first kappa shape index (κ1) is 23.5. The molecule has 0 aromatic heterocycles. The van der Waals surface area contributed by atoms with E-state index in [1.165, 1.54) is 32.8 Å². The van der Waals surface area contributed by atoms with Crippen molar-refractivity contribution in [1.82, 2.24) is 5.32 Å². The molecule has 0 radical (unpaired) electrons. The van der Waals surface area contributed by atoms with Gasteiger partial charge in [-0.2, -0.15) is 0 Å². The van der Waals surface area contributed by atoms with Gasteiger partial charge in [-0.25, -0.2) is 8.42 Å². The second-order valence-corrected chi connectivity index (χ2v) is 10.8. The molecule has 5 rings (SSSR count). The van der Waals surface area contributed by atoms with Gasteiger partial charge in [0, 0.05) is 18.8 Å². The number of benzene rings is 3. The summed E-state index contributed by atoms with van der Waals surface area (Å²) in [6.07, 6.45) is 1.22. The van der Waals surface area contributed by atoms with E-state index in [1.807, 2.05) is 18.2 Å². The molecule has 1 unspecified atom stereocenters. The van der Waals surface area contributed by atoms with Crippen LogP contribution in [0.2, 0.25) is 0 Å². The van der Waals surface area contributed by atoms with Crippen molar-refractivity contribution in [2.45, 2.75) is 12.5 Å². The lowest BCUT2D eigenvalue weighted by molar-refractivity contribution is 0.172. The molecule has 35 heavy (non-hydrogen) atoms.